The molecular weight excluding hydrogens is 280 g/mol. The molecule has 0 bridgehead atoms. The highest BCUT2D eigenvalue weighted by Crippen LogP contribution is 2.31. The summed E-state index contributed by atoms with van der Waals surface area (Å²) in [7, 11) is 4.71. The fourth-order valence-corrected chi connectivity index (χ4v) is 2.08. The molecule has 0 saturated heterocycles. The number of ether oxygens (including phenoxy) is 3. The maximum Gasteiger partial charge on any atom is 0.185 e. The first-order valence-corrected chi connectivity index (χ1v) is 6.77. The normalized spacial score (nSPS) is 10.5. The van der Waals surface area contributed by atoms with Crippen molar-refractivity contribution in [2.45, 2.75) is 0 Å². The molecule has 2 rings (SSSR count). The second kappa shape index (κ2) is 7.31. The maximum atomic E-state index is 12.2. The lowest BCUT2D eigenvalue weighted by atomic mass is 10.1. The van der Waals surface area contributed by atoms with Gasteiger partial charge >= 0.3 is 0 Å². The van der Waals surface area contributed by atoms with Gasteiger partial charge in [0.1, 0.15) is 5.75 Å². The van der Waals surface area contributed by atoms with Crippen LogP contribution in [0.4, 0.5) is 0 Å². The van der Waals surface area contributed by atoms with E-state index in [0.717, 1.165) is 5.56 Å². The van der Waals surface area contributed by atoms with Crippen molar-refractivity contribution < 1.29 is 19.0 Å². The molecule has 0 aliphatic heterocycles. The van der Waals surface area contributed by atoms with Crippen molar-refractivity contribution in [3.63, 3.8) is 0 Å². The van der Waals surface area contributed by atoms with Crippen molar-refractivity contribution in [3.05, 3.63) is 59.7 Å². The quantitative estimate of drug-likeness (QED) is 0.603. The van der Waals surface area contributed by atoms with Crippen LogP contribution in [0.2, 0.25) is 0 Å². The first-order valence-electron chi connectivity index (χ1n) is 6.77. The largest absolute Gasteiger partial charge is 0.497 e. The molecule has 0 spiro atoms. The predicted molar refractivity (Wildman–Crippen MR) is 85.9 cm³/mol. The lowest BCUT2D eigenvalue weighted by Gasteiger charge is -2.09. The van der Waals surface area contributed by atoms with Gasteiger partial charge < -0.3 is 14.2 Å². The maximum absolute atomic E-state index is 12.2. The predicted octanol–water partition coefficient (Wildman–Crippen LogP) is 3.61. The molecule has 0 fully saturated rings. The van der Waals surface area contributed by atoms with Crippen LogP contribution in [0.15, 0.2) is 48.5 Å². The Bertz CT molecular complexity index is 689. The molecule has 4 heteroatoms. The van der Waals surface area contributed by atoms with E-state index in [-0.39, 0.29) is 5.78 Å². The number of para-hydroxylation sites is 1. The first-order chi connectivity index (χ1) is 10.7. The van der Waals surface area contributed by atoms with Crippen molar-refractivity contribution in [2.75, 3.05) is 21.3 Å². The number of carbonyl (C=O) groups excluding carboxylic acids is 1. The van der Waals surface area contributed by atoms with Crippen molar-refractivity contribution in [1.82, 2.24) is 0 Å². The lowest BCUT2D eigenvalue weighted by Crippen LogP contribution is -1.96. The van der Waals surface area contributed by atoms with Crippen LogP contribution in [-0.4, -0.2) is 27.1 Å². The van der Waals surface area contributed by atoms with Crippen LogP contribution < -0.4 is 14.2 Å². The van der Waals surface area contributed by atoms with Gasteiger partial charge in [-0.15, -0.1) is 0 Å². The van der Waals surface area contributed by atoms with Gasteiger partial charge in [-0.3, -0.25) is 4.79 Å². The zero-order chi connectivity index (χ0) is 15.9. The number of carbonyl (C=O) groups is 1. The zero-order valence-electron chi connectivity index (χ0n) is 12.8. The van der Waals surface area contributed by atoms with Crippen LogP contribution in [-0.2, 0) is 0 Å². The van der Waals surface area contributed by atoms with Crippen LogP contribution in [0.5, 0.6) is 17.2 Å². The Morgan fingerprint density at radius 1 is 0.955 bits per heavy atom. The monoisotopic (exact) mass is 298 g/mol. The Morgan fingerprint density at radius 3 is 2.41 bits per heavy atom. The van der Waals surface area contributed by atoms with E-state index in [4.69, 9.17) is 14.2 Å². The number of rotatable bonds is 6. The van der Waals surface area contributed by atoms with E-state index in [9.17, 15) is 4.79 Å². The molecule has 0 radical (unpaired) electrons. The van der Waals surface area contributed by atoms with Crippen LogP contribution in [0, 0.1) is 0 Å². The molecule has 0 aliphatic rings. The third-order valence-electron chi connectivity index (χ3n) is 3.20. The summed E-state index contributed by atoms with van der Waals surface area (Å²) in [6, 6.07) is 12.5. The van der Waals surface area contributed by atoms with Gasteiger partial charge in [0.15, 0.2) is 17.3 Å². The highest BCUT2D eigenvalue weighted by Gasteiger charge is 2.08. The van der Waals surface area contributed by atoms with Gasteiger partial charge in [0.2, 0.25) is 0 Å². The Kier molecular flexibility index (Phi) is 5.20. The summed E-state index contributed by atoms with van der Waals surface area (Å²) in [6.45, 7) is 0. The van der Waals surface area contributed by atoms with Gasteiger partial charge in [-0.1, -0.05) is 24.3 Å². The Labute approximate surface area is 129 Å². The third kappa shape index (κ3) is 3.47. The highest BCUT2D eigenvalue weighted by atomic mass is 16.5. The fourth-order valence-electron chi connectivity index (χ4n) is 2.08. The van der Waals surface area contributed by atoms with E-state index >= 15 is 0 Å². The van der Waals surface area contributed by atoms with Crippen molar-refractivity contribution in [3.8, 4) is 17.2 Å². The lowest BCUT2D eigenvalue weighted by molar-refractivity contribution is 0.104. The SMILES string of the molecule is COc1cccc(C(=O)/C=C/c2cccc(OC)c2OC)c1. The minimum atomic E-state index is -0.108. The van der Waals surface area contributed by atoms with Crippen LogP contribution in [0.3, 0.4) is 0 Å². The molecule has 0 aliphatic carbocycles. The molecule has 0 amide bonds. The van der Waals surface area contributed by atoms with Crippen molar-refractivity contribution in [2.24, 2.45) is 0 Å². The summed E-state index contributed by atoms with van der Waals surface area (Å²) in [4.78, 5) is 12.2. The smallest absolute Gasteiger partial charge is 0.185 e. The van der Waals surface area contributed by atoms with E-state index < -0.39 is 0 Å². The van der Waals surface area contributed by atoms with Crippen molar-refractivity contribution in [1.29, 1.82) is 0 Å². The van der Waals surface area contributed by atoms with Gasteiger partial charge in [-0.25, -0.2) is 0 Å². The Balaban J connectivity index is 2.26. The summed E-state index contributed by atoms with van der Waals surface area (Å²) < 4.78 is 15.7. The van der Waals surface area contributed by atoms with E-state index in [1.165, 1.54) is 6.08 Å². The Morgan fingerprint density at radius 2 is 1.73 bits per heavy atom. The van der Waals surface area contributed by atoms with Crippen LogP contribution in [0.25, 0.3) is 6.08 Å². The molecule has 0 unspecified atom stereocenters. The van der Waals surface area contributed by atoms with Crippen LogP contribution in [0.1, 0.15) is 15.9 Å². The Hall–Kier alpha value is -2.75. The second-order valence-corrected chi connectivity index (χ2v) is 4.51. The molecule has 22 heavy (non-hydrogen) atoms. The standard InChI is InChI=1S/C18H18O4/c1-20-15-8-4-7-14(12-15)16(19)11-10-13-6-5-9-17(21-2)18(13)22-3/h4-12H,1-3H3/b11-10+. The molecule has 114 valence electrons. The first kappa shape index (κ1) is 15.6. The number of benzene rings is 2. The number of allylic oxidation sites excluding steroid dienone is 1. The number of methoxy groups -OCH3 is 3. The summed E-state index contributed by atoms with van der Waals surface area (Å²) in [5.74, 6) is 1.76. The molecule has 0 heterocycles. The molecule has 2 aromatic carbocycles. The third-order valence-corrected chi connectivity index (χ3v) is 3.20. The van der Waals surface area contributed by atoms with E-state index in [1.54, 1.807) is 57.7 Å². The van der Waals surface area contributed by atoms with Gasteiger partial charge in [0, 0.05) is 11.1 Å². The average Bonchev–Trinajstić information content (AvgIpc) is 2.59. The zero-order valence-corrected chi connectivity index (χ0v) is 12.8. The molecule has 0 aromatic heterocycles. The average molecular weight is 298 g/mol. The summed E-state index contributed by atoms with van der Waals surface area (Å²) in [6.07, 6.45) is 3.22. The fraction of sp³-hybridized carbons (Fsp3) is 0.167. The van der Waals surface area contributed by atoms with Crippen LogP contribution >= 0.6 is 0 Å². The van der Waals surface area contributed by atoms with E-state index in [2.05, 4.69) is 0 Å². The molecule has 0 N–H and O–H groups in total. The van der Waals surface area contributed by atoms with Crippen molar-refractivity contribution >= 4 is 11.9 Å². The minimum absolute atomic E-state index is 0.108. The molecule has 4 nitrogen and oxygen atoms in total. The second-order valence-electron chi connectivity index (χ2n) is 4.51. The summed E-state index contributed by atoms with van der Waals surface area (Å²) in [5.41, 5.74) is 1.34. The summed E-state index contributed by atoms with van der Waals surface area (Å²) >= 11 is 0. The van der Waals surface area contributed by atoms with Gasteiger partial charge in [0.05, 0.1) is 21.3 Å². The molecular formula is C18H18O4. The number of hydrogen-bond acceptors (Lipinski definition) is 4. The topological polar surface area (TPSA) is 44.8 Å². The highest BCUT2D eigenvalue weighted by molar-refractivity contribution is 6.07. The van der Waals surface area contributed by atoms with Gasteiger partial charge in [-0.2, -0.15) is 0 Å². The van der Waals surface area contributed by atoms with E-state index in [1.807, 2.05) is 12.1 Å². The van der Waals surface area contributed by atoms with E-state index in [0.29, 0.717) is 22.8 Å². The molecule has 0 atom stereocenters. The van der Waals surface area contributed by atoms with Gasteiger partial charge in [0.25, 0.3) is 0 Å². The molecule has 0 saturated carbocycles. The number of ketones is 1. The minimum Gasteiger partial charge on any atom is -0.497 e. The molecule has 2 aromatic rings. The number of hydrogen-bond donors (Lipinski definition) is 0. The van der Waals surface area contributed by atoms with Gasteiger partial charge in [-0.05, 0) is 30.4 Å². The summed E-state index contributed by atoms with van der Waals surface area (Å²) in [5, 5.41) is 0.